The molecule has 0 spiro atoms. The first-order chi connectivity index (χ1) is 11.6. The largest absolute Gasteiger partial charge is 0.308 e. The van der Waals surface area contributed by atoms with E-state index in [1.165, 1.54) is 5.56 Å². The molecule has 0 bridgehead atoms. The van der Waals surface area contributed by atoms with E-state index >= 15 is 0 Å². The van der Waals surface area contributed by atoms with Gasteiger partial charge in [-0.15, -0.1) is 11.3 Å². The summed E-state index contributed by atoms with van der Waals surface area (Å²) in [6.07, 6.45) is 0.893. The van der Waals surface area contributed by atoms with Crippen LogP contribution >= 0.6 is 11.3 Å². The number of aryl methyl sites for hydroxylation is 2. The fourth-order valence-electron chi connectivity index (χ4n) is 3.12. The molecule has 0 atom stereocenters. The fourth-order valence-corrected chi connectivity index (χ4v) is 3.74. The Morgan fingerprint density at radius 1 is 1.12 bits per heavy atom. The third kappa shape index (κ3) is 2.63. The Morgan fingerprint density at radius 3 is 2.62 bits per heavy atom. The molecule has 120 valence electrons. The van der Waals surface area contributed by atoms with Gasteiger partial charge in [0.05, 0.1) is 10.7 Å². The number of carbonyl (C=O) groups excluding carboxylic acids is 1. The molecule has 0 radical (unpaired) electrons. The molecule has 0 fully saturated rings. The number of hydrogen-bond acceptors (Lipinski definition) is 3. The maximum atomic E-state index is 12.8. The Balaban J connectivity index is 1.64. The monoisotopic (exact) mass is 334 g/mol. The van der Waals surface area contributed by atoms with Gasteiger partial charge in [0.15, 0.2) is 0 Å². The molecular weight excluding hydrogens is 316 g/mol. The predicted octanol–water partition coefficient (Wildman–Crippen LogP) is 4.63. The van der Waals surface area contributed by atoms with Crippen molar-refractivity contribution in [2.24, 2.45) is 0 Å². The molecule has 2 heterocycles. The van der Waals surface area contributed by atoms with E-state index in [0.29, 0.717) is 0 Å². The zero-order chi connectivity index (χ0) is 16.7. The van der Waals surface area contributed by atoms with Crippen molar-refractivity contribution >= 4 is 22.9 Å². The van der Waals surface area contributed by atoms with E-state index in [-0.39, 0.29) is 5.91 Å². The molecule has 1 aliphatic rings. The summed E-state index contributed by atoms with van der Waals surface area (Å²) in [4.78, 5) is 19.2. The normalized spacial score (nSPS) is 13.2. The third-order valence-corrected chi connectivity index (χ3v) is 5.21. The first kappa shape index (κ1) is 15.1. The highest BCUT2D eigenvalue weighted by Gasteiger charge is 2.25. The maximum Gasteiger partial charge on any atom is 0.258 e. The molecule has 3 aromatic rings. The van der Waals surface area contributed by atoms with Crippen molar-refractivity contribution in [3.05, 3.63) is 69.5 Å². The Hall–Kier alpha value is -2.46. The molecule has 0 N–H and O–H groups in total. The number of hydrogen-bond donors (Lipinski definition) is 0. The first-order valence-corrected chi connectivity index (χ1v) is 8.94. The van der Waals surface area contributed by atoms with Crippen LogP contribution in [0.25, 0.3) is 11.3 Å². The third-order valence-electron chi connectivity index (χ3n) is 4.43. The summed E-state index contributed by atoms with van der Waals surface area (Å²) in [5.41, 5.74) is 6.30. The van der Waals surface area contributed by atoms with E-state index in [2.05, 4.69) is 28.6 Å². The minimum Gasteiger partial charge on any atom is -0.308 e. The second-order valence-electron chi connectivity index (χ2n) is 6.17. The van der Waals surface area contributed by atoms with Crippen LogP contribution in [0.5, 0.6) is 0 Å². The van der Waals surface area contributed by atoms with E-state index < -0.39 is 0 Å². The molecule has 4 heteroatoms. The van der Waals surface area contributed by atoms with Crippen molar-refractivity contribution < 1.29 is 4.79 Å². The minimum atomic E-state index is 0.0750. The number of benzene rings is 2. The molecule has 2 aromatic carbocycles. The number of anilines is 1. The van der Waals surface area contributed by atoms with Gasteiger partial charge < -0.3 is 4.90 Å². The molecule has 0 saturated heterocycles. The molecule has 0 aliphatic carbocycles. The highest BCUT2D eigenvalue weighted by atomic mass is 32.1. The van der Waals surface area contributed by atoms with Crippen LogP contribution in [0.1, 0.15) is 26.5 Å². The molecule has 24 heavy (non-hydrogen) atoms. The van der Waals surface area contributed by atoms with Gasteiger partial charge in [0.25, 0.3) is 5.91 Å². The number of nitrogens with zero attached hydrogens (tertiary/aromatic N) is 2. The summed E-state index contributed by atoms with van der Waals surface area (Å²) in [6, 6.07) is 14.1. The Bertz CT molecular complexity index is 912. The SMILES string of the molecule is Cc1ccc(C(=O)N2CCc3cc(-c4csc(C)n4)ccc32)cc1. The minimum absolute atomic E-state index is 0.0750. The zero-order valence-electron chi connectivity index (χ0n) is 13.7. The lowest BCUT2D eigenvalue weighted by Crippen LogP contribution is -2.28. The lowest BCUT2D eigenvalue weighted by atomic mass is 10.1. The van der Waals surface area contributed by atoms with Crippen LogP contribution in [0.2, 0.25) is 0 Å². The zero-order valence-corrected chi connectivity index (χ0v) is 14.6. The van der Waals surface area contributed by atoms with Gasteiger partial charge in [-0.25, -0.2) is 4.98 Å². The van der Waals surface area contributed by atoms with Gasteiger partial charge in [-0.1, -0.05) is 23.8 Å². The standard InChI is InChI=1S/C20H18N2OS/c1-13-3-5-15(6-4-13)20(23)22-10-9-17-11-16(7-8-19(17)22)18-12-24-14(2)21-18/h3-8,11-12H,9-10H2,1-2H3. The van der Waals surface area contributed by atoms with E-state index in [4.69, 9.17) is 0 Å². The van der Waals surface area contributed by atoms with Crippen LogP contribution in [-0.4, -0.2) is 17.4 Å². The van der Waals surface area contributed by atoms with Crippen LogP contribution in [-0.2, 0) is 6.42 Å². The van der Waals surface area contributed by atoms with Crippen molar-refractivity contribution in [1.29, 1.82) is 0 Å². The number of rotatable bonds is 2. The van der Waals surface area contributed by atoms with E-state index in [0.717, 1.165) is 46.0 Å². The Morgan fingerprint density at radius 2 is 1.92 bits per heavy atom. The van der Waals surface area contributed by atoms with Crippen molar-refractivity contribution in [1.82, 2.24) is 4.98 Å². The predicted molar refractivity (Wildman–Crippen MR) is 98.8 cm³/mol. The number of amides is 1. The smallest absolute Gasteiger partial charge is 0.258 e. The Kier molecular flexibility index (Phi) is 3.69. The van der Waals surface area contributed by atoms with Gasteiger partial charge in [0.1, 0.15) is 0 Å². The second-order valence-corrected chi connectivity index (χ2v) is 7.23. The van der Waals surface area contributed by atoms with Gasteiger partial charge >= 0.3 is 0 Å². The van der Waals surface area contributed by atoms with Gasteiger partial charge in [-0.3, -0.25) is 4.79 Å². The van der Waals surface area contributed by atoms with Crippen molar-refractivity contribution in [3.8, 4) is 11.3 Å². The van der Waals surface area contributed by atoms with Gasteiger partial charge in [0, 0.05) is 28.7 Å². The van der Waals surface area contributed by atoms with E-state index in [1.807, 2.05) is 43.0 Å². The fraction of sp³-hybridized carbons (Fsp3) is 0.200. The number of thiazole rings is 1. The van der Waals surface area contributed by atoms with Crippen LogP contribution < -0.4 is 4.90 Å². The van der Waals surface area contributed by atoms with Gasteiger partial charge in [-0.05, 0) is 50.1 Å². The van der Waals surface area contributed by atoms with Crippen LogP contribution in [0.15, 0.2) is 47.8 Å². The molecular formula is C20H18N2OS. The summed E-state index contributed by atoms with van der Waals surface area (Å²) < 4.78 is 0. The van der Waals surface area contributed by atoms with Crippen LogP contribution in [0.3, 0.4) is 0 Å². The molecule has 3 nitrogen and oxygen atoms in total. The highest BCUT2D eigenvalue weighted by molar-refractivity contribution is 7.09. The molecule has 0 saturated carbocycles. The molecule has 1 aliphatic heterocycles. The van der Waals surface area contributed by atoms with Crippen LogP contribution in [0.4, 0.5) is 5.69 Å². The molecule has 4 rings (SSSR count). The topological polar surface area (TPSA) is 33.2 Å². The van der Waals surface area contributed by atoms with E-state index in [9.17, 15) is 4.79 Å². The molecule has 0 unspecified atom stereocenters. The van der Waals surface area contributed by atoms with Gasteiger partial charge in [0.2, 0.25) is 0 Å². The molecule has 1 amide bonds. The summed E-state index contributed by atoms with van der Waals surface area (Å²) in [5, 5.41) is 3.16. The molecule has 1 aromatic heterocycles. The maximum absolute atomic E-state index is 12.8. The summed E-state index contributed by atoms with van der Waals surface area (Å²) in [5.74, 6) is 0.0750. The summed E-state index contributed by atoms with van der Waals surface area (Å²) >= 11 is 1.66. The number of aromatic nitrogens is 1. The number of carbonyl (C=O) groups is 1. The van der Waals surface area contributed by atoms with E-state index in [1.54, 1.807) is 11.3 Å². The van der Waals surface area contributed by atoms with Gasteiger partial charge in [-0.2, -0.15) is 0 Å². The average molecular weight is 334 g/mol. The first-order valence-electron chi connectivity index (χ1n) is 8.06. The quantitative estimate of drug-likeness (QED) is 0.684. The lowest BCUT2D eigenvalue weighted by molar-refractivity contribution is 0.0989. The Labute approximate surface area is 145 Å². The summed E-state index contributed by atoms with van der Waals surface area (Å²) in [6.45, 7) is 4.78. The van der Waals surface area contributed by atoms with Crippen LogP contribution in [0, 0.1) is 13.8 Å². The second kappa shape index (κ2) is 5.87. The highest BCUT2D eigenvalue weighted by Crippen LogP contribution is 2.33. The summed E-state index contributed by atoms with van der Waals surface area (Å²) in [7, 11) is 0. The average Bonchev–Trinajstić information content (AvgIpc) is 3.20. The van der Waals surface area contributed by atoms with Crippen molar-refractivity contribution in [2.75, 3.05) is 11.4 Å². The van der Waals surface area contributed by atoms with Crippen molar-refractivity contribution in [3.63, 3.8) is 0 Å². The lowest BCUT2D eigenvalue weighted by Gasteiger charge is -2.17. The van der Waals surface area contributed by atoms with Crippen molar-refractivity contribution in [2.45, 2.75) is 20.3 Å². The number of fused-ring (bicyclic) bond motifs is 1.